The van der Waals surface area contributed by atoms with Crippen LogP contribution in [0.25, 0.3) is 5.70 Å². The number of benzene rings is 2. The summed E-state index contributed by atoms with van der Waals surface area (Å²) in [4.78, 5) is 0. The van der Waals surface area contributed by atoms with Crippen molar-refractivity contribution in [1.82, 2.24) is 0 Å². The van der Waals surface area contributed by atoms with Crippen LogP contribution in [0, 0.1) is 0 Å². The second-order valence-corrected chi connectivity index (χ2v) is 4.41. The minimum atomic E-state index is 0.670. The maximum absolute atomic E-state index is 5.30. The van der Waals surface area contributed by atoms with E-state index in [-0.39, 0.29) is 0 Å². The fourth-order valence-electron chi connectivity index (χ4n) is 1.97. The van der Waals surface area contributed by atoms with Gasteiger partial charge in [0.2, 0.25) is 0 Å². The highest BCUT2D eigenvalue weighted by atomic mass is 16.5. The molecule has 0 fully saturated rings. The molecule has 0 radical (unpaired) electrons. The number of anilines is 1. The number of hydrogen-bond acceptors (Lipinski definition) is 4. The van der Waals surface area contributed by atoms with E-state index in [4.69, 9.17) is 14.2 Å². The summed E-state index contributed by atoms with van der Waals surface area (Å²) >= 11 is 0. The second-order valence-electron chi connectivity index (χ2n) is 4.41. The van der Waals surface area contributed by atoms with Gasteiger partial charge in [0.25, 0.3) is 0 Å². The van der Waals surface area contributed by atoms with Crippen molar-refractivity contribution in [3.8, 4) is 17.2 Å². The first kappa shape index (κ1) is 14.8. The van der Waals surface area contributed by atoms with Crippen molar-refractivity contribution in [3.63, 3.8) is 0 Å². The SMILES string of the molecule is C=C(Nc1cccc(OC)c1)c1ccc(OC)c(OC)c1. The average Bonchev–Trinajstić information content (AvgIpc) is 2.54. The first-order valence-corrected chi connectivity index (χ1v) is 6.50. The van der Waals surface area contributed by atoms with Crippen molar-refractivity contribution in [2.24, 2.45) is 0 Å². The van der Waals surface area contributed by atoms with Crippen molar-refractivity contribution >= 4 is 11.4 Å². The summed E-state index contributed by atoms with van der Waals surface area (Å²) in [5.74, 6) is 2.15. The third-order valence-corrected chi connectivity index (χ3v) is 3.10. The Balaban J connectivity index is 2.19. The van der Waals surface area contributed by atoms with Crippen molar-refractivity contribution in [3.05, 3.63) is 54.6 Å². The van der Waals surface area contributed by atoms with Gasteiger partial charge in [0.05, 0.1) is 21.3 Å². The molecule has 2 aromatic rings. The van der Waals surface area contributed by atoms with E-state index in [1.807, 2.05) is 42.5 Å². The van der Waals surface area contributed by atoms with Gasteiger partial charge in [-0.15, -0.1) is 0 Å². The zero-order valence-electron chi connectivity index (χ0n) is 12.5. The minimum Gasteiger partial charge on any atom is -0.497 e. The molecule has 4 heteroatoms. The van der Waals surface area contributed by atoms with Crippen molar-refractivity contribution in [2.45, 2.75) is 0 Å². The summed E-state index contributed by atoms with van der Waals surface area (Å²) in [6.45, 7) is 4.06. The molecule has 0 saturated carbocycles. The first-order valence-electron chi connectivity index (χ1n) is 6.50. The monoisotopic (exact) mass is 285 g/mol. The van der Waals surface area contributed by atoms with E-state index < -0.39 is 0 Å². The summed E-state index contributed by atoms with van der Waals surface area (Å²) in [5.41, 5.74) is 2.61. The van der Waals surface area contributed by atoms with Gasteiger partial charge in [0.15, 0.2) is 11.5 Å². The van der Waals surface area contributed by atoms with E-state index >= 15 is 0 Å². The molecule has 0 atom stereocenters. The highest BCUT2D eigenvalue weighted by molar-refractivity contribution is 5.76. The van der Waals surface area contributed by atoms with E-state index in [1.54, 1.807) is 21.3 Å². The Morgan fingerprint density at radius 1 is 0.905 bits per heavy atom. The molecule has 0 aromatic heterocycles. The summed E-state index contributed by atoms with van der Waals surface area (Å²) in [6.07, 6.45) is 0. The molecule has 0 aliphatic heterocycles. The Bertz CT molecular complexity index is 638. The summed E-state index contributed by atoms with van der Waals surface area (Å²) in [6, 6.07) is 13.3. The van der Waals surface area contributed by atoms with Gasteiger partial charge in [-0.3, -0.25) is 0 Å². The van der Waals surface area contributed by atoms with Crippen LogP contribution in [0.5, 0.6) is 17.2 Å². The third kappa shape index (κ3) is 3.48. The van der Waals surface area contributed by atoms with Gasteiger partial charge in [-0.05, 0) is 30.3 Å². The first-order chi connectivity index (χ1) is 10.2. The Hall–Kier alpha value is -2.62. The maximum Gasteiger partial charge on any atom is 0.161 e. The molecule has 0 saturated heterocycles. The van der Waals surface area contributed by atoms with Gasteiger partial charge in [-0.2, -0.15) is 0 Å². The predicted octanol–water partition coefficient (Wildman–Crippen LogP) is 3.80. The van der Waals surface area contributed by atoms with E-state index in [0.29, 0.717) is 11.5 Å². The number of nitrogens with one attached hydrogen (secondary N) is 1. The zero-order valence-corrected chi connectivity index (χ0v) is 12.5. The predicted molar refractivity (Wildman–Crippen MR) is 85.2 cm³/mol. The summed E-state index contributed by atoms with van der Waals surface area (Å²) < 4.78 is 15.7. The lowest BCUT2D eigenvalue weighted by molar-refractivity contribution is 0.355. The van der Waals surface area contributed by atoms with Gasteiger partial charge in [0.1, 0.15) is 5.75 Å². The van der Waals surface area contributed by atoms with Crippen LogP contribution < -0.4 is 19.5 Å². The number of rotatable bonds is 6. The lowest BCUT2D eigenvalue weighted by Gasteiger charge is -2.13. The molecule has 4 nitrogen and oxygen atoms in total. The molecule has 0 bridgehead atoms. The standard InChI is InChI=1S/C17H19NO3/c1-12(18-14-6-5-7-15(11-14)19-2)13-8-9-16(20-3)17(10-13)21-4/h5-11,18H,1H2,2-4H3. The van der Waals surface area contributed by atoms with Crippen molar-refractivity contribution in [1.29, 1.82) is 0 Å². The van der Waals surface area contributed by atoms with Crippen LogP contribution in [0.3, 0.4) is 0 Å². The second kappa shape index (κ2) is 6.70. The lowest BCUT2D eigenvalue weighted by Crippen LogP contribution is -1.99. The normalized spacial score (nSPS) is 9.86. The molecule has 0 unspecified atom stereocenters. The Kier molecular flexibility index (Phi) is 4.72. The fraction of sp³-hybridized carbons (Fsp3) is 0.176. The van der Waals surface area contributed by atoms with E-state index in [0.717, 1.165) is 22.7 Å². The van der Waals surface area contributed by atoms with Gasteiger partial charge < -0.3 is 19.5 Å². The lowest BCUT2D eigenvalue weighted by atomic mass is 10.1. The molecular weight excluding hydrogens is 266 g/mol. The van der Waals surface area contributed by atoms with Crippen molar-refractivity contribution in [2.75, 3.05) is 26.6 Å². The molecule has 0 spiro atoms. The van der Waals surface area contributed by atoms with Crippen LogP contribution in [0.1, 0.15) is 5.56 Å². The van der Waals surface area contributed by atoms with Crippen LogP contribution in [-0.2, 0) is 0 Å². The van der Waals surface area contributed by atoms with Crippen molar-refractivity contribution < 1.29 is 14.2 Å². The van der Waals surface area contributed by atoms with Crippen LogP contribution >= 0.6 is 0 Å². The molecule has 0 aliphatic carbocycles. The zero-order chi connectivity index (χ0) is 15.2. The molecule has 0 amide bonds. The summed E-state index contributed by atoms with van der Waals surface area (Å²) in [5, 5.41) is 3.25. The van der Waals surface area contributed by atoms with Gasteiger partial charge in [-0.25, -0.2) is 0 Å². The Morgan fingerprint density at radius 2 is 1.67 bits per heavy atom. The van der Waals surface area contributed by atoms with Crippen LogP contribution in [0.2, 0.25) is 0 Å². The van der Waals surface area contributed by atoms with Gasteiger partial charge in [0, 0.05) is 23.0 Å². The number of methoxy groups -OCH3 is 3. The van der Waals surface area contributed by atoms with E-state index in [2.05, 4.69) is 11.9 Å². The molecular formula is C17H19NO3. The molecule has 0 heterocycles. The number of hydrogen-bond donors (Lipinski definition) is 1. The Labute approximate surface area is 125 Å². The average molecular weight is 285 g/mol. The minimum absolute atomic E-state index is 0.670. The van der Waals surface area contributed by atoms with E-state index in [1.165, 1.54) is 0 Å². The summed E-state index contributed by atoms with van der Waals surface area (Å²) in [7, 11) is 4.86. The number of ether oxygens (including phenoxy) is 3. The Morgan fingerprint density at radius 3 is 2.33 bits per heavy atom. The van der Waals surface area contributed by atoms with Crippen LogP contribution in [0.15, 0.2) is 49.0 Å². The van der Waals surface area contributed by atoms with E-state index in [9.17, 15) is 0 Å². The van der Waals surface area contributed by atoms with Crippen LogP contribution in [-0.4, -0.2) is 21.3 Å². The largest absolute Gasteiger partial charge is 0.497 e. The highest BCUT2D eigenvalue weighted by Gasteiger charge is 2.07. The fourth-order valence-corrected chi connectivity index (χ4v) is 1.97. The molecule has 110 valence electrons. The molecule has 1 N–H and O–H groups in total. The maximum atomic E-state index is 5.30. The molecule has 2 rings (SSSR count). The van der Waals surface area contributed by atoms with Crippen LogP contribution in [0.4, 0.5) is 5.69 Å². The van der Waals surface area contributed by atoms with Gasteiger partial charge >= 0.3 is 0 Å². The highest BCUT2D eigenvalue weighted by Crippen LogP contribution is 2.30. The topological polar surface area (TPSA) is 39.7 Å². The molecule has 0 aliphatic rings. The van der Waals surface area contributed by atoms with Gasteiger partial charge in [-0.1, -0.05) is 12.6 Å². The molecule has 21 heavy (non-hydrogen) atoms. The third-order valence-electron chi connectivity index (χ3n) is 3.10. The molecule has 2 aromatic carbocycles. The smallest absolute Gasteiger partial charge is 0.161 e. The quantitative estimate of drug-likeness (QED) is 0.876.